The molecule has 0 aliphatic carbocycles. The van der Waals surface area contributed by atoms with E-state index in [0.29, 0.717) is 16.6 Å². The average Bonchev–Trinajstić information content (AvgIpc) is 3.18. The smallest absolute Gasteiger partial charge is 0.345 e. The maximum Gasteiger partial charge on any atom is 0.345 e. The molecule has 0 atom stereocenters. The van der Waals surface area contributed by atoms with Crippen molar-refractivity contribution < 1.29 is 4.42 Å². The van der Waals surface area contributed by atoms with E-state index in [1.54, 1.807) is 17.1 Å². The third-order valence-electron chi connectivity index (χ3n) is 5.16. The third-order valence-corrected chi connectivity index (χ3v) is 5.16. The number of nitrogens with zero attached hydrogens (tertiary/aromatic N) is 3. The summed E-state index contributed by atoms with van der Waals surface area (Å²) in [4.78, 5) is 17.1. The van der Waals surface area contributed by atoms with Gasteiger partial charge in [-0.25, -0.2) is 14.5 Å². The first kappa shape index (κ1) is 15.1. The Morgan fingerprint density at radius 3 is 2.46 bits per heavy atom. The van der Waals surface area contributed by atoms with Crippen molar-refractivity contribution in [1.29, 1.82) is 0 Å². The van der Waals surface area contributed by atoms with Crippen molar-refractivity contribution in [3.63, 3.8) is 0 Å². The molecule has 0 saturated carbocycles. The van der Waals surface area contributed by atoms with Crippen LogP contribution in [0.4, 0.5) is 0 Å². The number of aromatic nitrogens is 3. The molecule has 0 aliphatic rings. The third kappa shape index (κ3) is 1.98. The van der Waals surface area contributed by atoms with Crippen LogP contribution >= 0.6 is 0 Å². The van der Waals surface area contributed by atoms with Crippen molar-refractivity contribution in [1.82, 2.24) is 14.8 Å². The molecule has 3 aromatic heterocycles. The largest absolute Gasteiger partial charge is 0.422 e. The van der Waals surface area contributed by atoms with Crippen molar-refractivity contribution in [2.24, 2.45) is 0 Å². The Morgan fingerprint density at radius 2 is 1.57 bits per heavy atom. The van der Waals surface area contributed by atoms with Crippen LogP contribution in [0.1, 0.15) is 0 Å². The second-order valence-corrected chi connectivity index (χ2v) is 6.73. The van der Waals surface area contributed by atoms with Gasteiger partial charge in [-0.3, -0.25) is 0 Å². The molecule has 0 radical (unpaired) electrons. The van der Waals surface area contributed by atoms with Gasteiger partial charge in [-0.05, 0) is 29.0 Å². The van der Waals surface area contributed by atoms with Crippen LogP contribution in [0, 0.1) is 0 Å². The number of para-hydroxylation sites is 1. The summed E-state index contributed by atoms with van der Waals surface area (Å²) < 4.78 is 7.39. The lowest BCUT2D eigenvalue weighted by molar-refractivity contribution is 0.570. The fraction of sp³-hybridized carbons (Fsp3) is 0. The number of pyridine rings is 1. The molecule has 0 fully saturated rings. The first-order valence-electron chi connectivity index (χ1n) is 8.98. The molecule has 0 aliphatic heterocycles. The summed E-state index contributed by atoms with van der Waals surface area (Å²) in [6, 6.07) is 21.7. The fourth-order valence-corrected chi connectivity index (χ4v) is 3.91. The normalized spacial score (nSPS) is 11.7. The molecule has 6 aromatic rings. The van der Waals surface area contributed by atoms with Gasteiger partial charge in [0, 0.05) is 22.4 Å². The maximum atomic E-state index is 12.6. The molecule has 0 amide bonds. The molecule has 0 unspecified atom stereocenters. The lowest BCUT2D eigenvalue weighted by atomic mass is 10.0. The van der Waals surface area contributed by atoms with Crippen LogP contribution in [-0.2, 0) is 0 Å². The Labute approximate surface area is 158 Å². The van der Waals surface area contributed by atoms with Gasteiger partial charge in [-0.2, -0.15) is 5.10 Å². The number of hydrogen-bond donors (Lipinski definition) is 0. The molecular formula is C23H13N3O2. The molecule has 0 N–H and O–H groups in total. The lowest BCUT2D eigenvalue weighted by Gasteiger charge is -2.08. The summed E-state index contributed by atoms with van der Waals surface area (Å²) >= 11 is 0. The van der Waals surface area contributed by atoms with E-state index in [1.807, 2.05) is 60.7 Å². The molecule has 5 nitrogen and oxygen atoms in total. The van der Waals surface area contributed by atoms with Crippen molar-refractivity contribution in [2.45, 2.75) is 0 Å². The Balaban J connectivity index is 1.87. The number of fused-ring (bicyclic) bond motifs is 7. The monoisotopic (exact) mass is 363 g/mol. The minimum Gasteiger partial charge on any atom is -0.422 e. The molecule has 0 spiro atoms. The summed E-state index contributed by atoms with van der Waals surface area (Å²) in [7, 11) is 0. The topological polar surface area (TPSA) is 60.9 Å². The Hall–Kier alpha value is -3.99. The van der Waals surface area contributed by atoms with Gasteiger partial charge in [0.05, 0.1) is 17.3 Å². The van der Waals surface area contributed by atoms with Crippen molar-refractivity contribution in [3.8, 4) is 5.69 Å². The van der Waals surface area contributed by atoms with Gasteiger partial charge in [0.15, 0.2) is 5.65 Å². The van der Waals surface area contributed by atoms with Crippen LogP contribution < -0.4 is 5.63 Å². The SMILES string of the molecule is O=c1oc2ccc3ccccc3c2c2c1cnc1c2cnn1-c1ccccc1. The Morgan fingerprint density at radius 1 is 0.750 bits per heavy atom. The first-order chi connectivity index (χ1) is 13.8. The highest BCUT2D eigenvalue weighted by Crippen LogP contribution is 2.34. The molecule has 0 saturated heterocycles. The molecular weight excluding hydrogens is 350 g/mol. The van der Waals surface area contributed by atoms with E-state index in [4.69, 9.17) is 4.42 Å². The first-order valence-corrected chi connectivity index (χ1v) is 8.98. The summed E-state index contributed by atoms with van der Waals surface area (Å²) in [5.74, 6) is 0. The zero-order valence-electron chi connectivity index (χ0n) is 14.7. The van der Waals surface area contributed by atoms with Gasteiger partial charge in [0.25, 0.3) is 0 Å². The summed E-state index contributed by atoms with van der Waals surface area (Å²) in [5, 5.41) is 9.71. The van der Waals surface area contributed by atoms with Crippen LogP contribution in [0.3, 0.4) is 0 Å². The second-order valence-electron chi connectivity index (χ2n) is 6.73. The van der Waals surface area contributed by atoms with Gasteiger partial charge in [-0.15, -0.1) is 0 Å². The highest BCUT2D eigenvalue weighted by atomic mass is 16.4. The minimum atomic E-state index is -0.389. The van der Waals surface area contributed by atoms with E-state index >= 15 is 0 Å². The van der Waals surface area contributed by atoms with Gasteiger partial charge in [0.2, 0.25) is 0 Å². The Bertz CT molecular complexity index is 1580. The standard InChI is InChI=1S/C23H13N3O2/c27-23-18-12-24-22-17(13-25-26(22)15-7-2-1-3-8-15)20(18)21-16-9-5-4-6-14(16)10-11-19(21)28-23/h1-13H. The highest BCUT2D eigenvalue weighted by molar-refractivity contribution is 6.24. The molecule has 3 heterocycles. The van der Waals surface area contributed by atoms with Crippen molar-refractivity contribution in [2.75, 3.05) is 0 Å². The number of rotatable bonds is 1. The average molecular weight is 363 g/mol. The summed E-state index contributed by atoms with van der Waals surface area (Å²) in [5.41, 5.74) is 1.80. The molecule has 0 bridgehead atoms. The van der Waals surface area contributed by atoms with Gasteiger partial charge in [-0.1, -0.05) is 48.5 Å². The van der Waals surface area contributed by atoms with E-state index in [2.05, 4.69) is 16.1 Å². The molecule has 5 heteroatoms. The van der Waals surface area contributed by atoms with E-state index in [0.717, 1.165) is 32.6 Å². The molecule has 28 heavy (non-hydrogen) atoms. The van der Waals surface area contributed by atoms with E-state index in [9.17, 15) is 4.79 Å². The van der Waals surface area contributed by atoms with E-state index in [-0.39, 0.29) is 5.63 Å². The zero-order chi connectivity index (χ0) is 18.7. The lowest BCUT2D eigenvalue weighted by Crippen LogP contribution is -2.02. The maximum absolute atomic E-state index is 12.6. The van der Waals surface area contributed by atoms with Crippen LogP contribution in [0.5, 0.6) is 0 Å². The highest BCUT2D eigenvalue weighted by Gasteiger charge is 2.17. The van der Waals surface area contributed by atoms with Crippen LogP contribution in [0.2, 0.25) is 0 Å². The van der Waals surface area contributed by atoms with Gasteiger partial charge >= 0.3 is 5.63 Å². The van der Waals surface area contributed by atoms with Crippen LogP contribution in [0.25, 0.3) is 49.2 Å². The zero-order valence-corrected chi connectivity index (χ0v) is 14.7. The summed E-state index contributed by atoms with van der Waals surface area (Å²) in [6.45, 7) is 0. The fourth-order valence-electron chi connectivity index (χ4n) is 3.91. The van der Waals surface area contributed by atoms with Crippen molar-refractivity contribution >= 4 is 43.5 Å². The van der Waals surface area contributed by atoms with Crippen molar-refractivity contribution in [3.05, 3.63) is 89.5 Å². The Kier molecular flexibility index (Phi) is 2.97. The van der Waals surface area contributed by atoms with Crippen LogP contribution in [-0.4, -0.2) is 14.8 Å². The van der Waals surface area contributed by atoms with Gasteiger partial charge < -0.3 is 4.42 Å². The quantitative estimate of drug-likeness (QED) is 0.310. The predicted octanol–water partition coefficient (Wildman–Crippen LogP) is 4.83. The van der Waals surface area contributed by atoms with E-state index in [1.165, 1.54) is 0 Å². The van der Waals surface area contributed by atoms with E-state index < -0.39 is 0 Å². The minimum absolute atomic E-state index is 0.389. The van der Waals surface area contributed by atoms with Gasteiger partial charge in [0.1, 0.15) is 5.58 Å². The molecule has 3 aromatic carbocycles. The summed E-state index contributed by atoms with van der Waals surface area (Å²) in [6.07, 6.45) is 3.37. The number of hydrogen-bond acceptors (Lipinski definition) is 4. The van der Waals surface area contributed by atoms with Crippen LogP contribution in [0.15, 0.2) is 88.3 Å². The predicted molar refractivity (Wildman–Crippen MR) is 110 cm³/mol. The molecule has 132 valence electrons. The number of benzene rings is 3. The second kappa shape index (κ2) is 5.50. The molecule has 6 rings (SSSR count).